The van der Waals surface area contributed by atoms with Crippen molar-refractivity contribution in [1.82, 2.24) is 4.31 Å². The van der Waals surface area contributed by atoms with Crippen LogP contribution < -0.4 is 5.73 Å². The first-order valence-electron chi connectivity index (χ1n) is 5.85. The van der Waals surface area contributed by atoms with Gasteiger partial charge in [0, 0.05) is 19.1 Å². The van der Waals surface area contributed by atoms with Gasteiger partial charge in [-0.15, -0.1) is 0 Å². The van der Waals surface area contributed by atoms with E-state index >= 15 is 0 Å². The molecule has 1 aliphatic heterocycles. The van der Waals surface area contributed by atoms with E-state index in [9.17, 15) is 8.42 Å². The highest BCUT2D eigenvalue weighted by Crippen LogP contribution is 2.28. The van der Waals surface area contributed by atoms with Gasteiger partial charge >= 0.3 is 0 Å². The van der Waals surface area contributed by atoms with Crippen molar-refractivity contribution in [2.24, 2.45) is 5.73 Å². The largest absolute Gasteiger partial charge is 0.327 e. The topological polar surface area (TPSA) is 63.4 Å². The van der Waals surface area contributed by atoms with Crippen molar-refractivity contribution in [3.63, 3.8) is 0 Å². The Bertz CT molecular complexity index is 309. The molecule has 0 aromatic carbocycles. The van der Waals surface area contributed by atoms with Crippen molar-refractivity contribution in [2.75, 3.05) is 13.1 Å². The molecule has 2 N–H and O–H groups in total. The summed E-state index contributed by atoms with van der Waals surface area (Å²) in [7, 11) is -3.04. The first-order chi connectivity index (χ1) is 7.10. The van der Waals surface area contributed by atoms with Gasteiger partial charge in [0.05, 0.1) is 5.25 Å². The molecule has 0 radical (unpaired) electrons. The zero-order valence-electron chi connectivity index (χ0n) is 9.06. The molecule has 5 heteroatoms. The molecule has 0 spiro atoms. The SMILES string of the molecule is N[C@@H]1CCCN(S(=O)(=O)C2CCCC2)C1. The molecule has 1 saturated heterocycles. The van der Waals surface area contributed by atoms with E-state index in [2.05, 4.69) is 0 Å². The summed E-state index contributed by atoms with van der Waals surface area (Å²) in [6, 6.07) is 0.0370. The minimum atomic E-state index is -3.04. The standard InChI is InChI=1S/C10H20N2O2S/c11-9-4-3-7-12(8-9)15(13,14)10-5-1-2-6-10/h9-10H,1-8,11H2/t9-/m1/s1. The summed E-state index contributed by atoms with van der Waals surface area (Å²) in [6.45, 7) is 1.20. The van der Waals surface area contributed by atoms with E-state index in [1.54, 1.807) is 4.31 Å². The molecule has 4 nitrogen and oxygen atoms in total. The lowest BCUT2D eigenvalue weighted by Gasteiger charge is -2.31. The maximum atomic E-state index is 12.2. The summed E-state index contributed by atoms with van der Waals surface area (Å²) in [5.74, 6) is 0. The van der Waals surface area contributed by atoms with Gasteiger partial charge in [0.1, 0.15) is 0 Å². The molecule has 0 bridgehead atoms. The van der Waals surface area contributed by atoms with Crippen molar-refractivity contribution in [1.29, 1.82) is 0 Å². The molecule has 1 saturated carbocycles. The first kappa shape index (κ1) is 11.4. The van der Waals surface area contributed by atoms with Crippen LogP contribution >= 0.6 is 0 Å². The maximum Gasteiger partial charge on any atom is 0.217 e. The molecule has 2 rings (SSSR count). The van der Waals surface area contributed by atoms with Crippen LogP contribution in [0, 0.1) is 0 Å². The van der Waals surface area contributed by atoms with Crippen LogP contribution in [0.3, 0.4) is 0 Å². The van der Waals surface area contributed by atoms with Gasteiger partial charge in [0.25, 0.3) is 0 Å². The number of hydrogen-bond acceptors (Lipinski definition) is 3. The second kappa shape index (κ2) is 4.39. The van der Waals surface area contributed by atoms with Crippen LogP contribution in [0.25, 0.3) is 0 Å². The minimum Gasteiger partial charge on any atom is -0.327 e. The Morgan fingerprint density at radius 2 is 1.73 bits per heavy atom. The zero-order valence-corrected chi connectivity index (χ0v) is 9.88. The average molecular weight is 232 g/mol. The third-order valence-corrected chi connectivity index (χ3v) is 5.87. The highest BCUT2D eigenvalue weighted by Gasteiger charge is 2.35. The number of hydrogen-bond donors (Lipinski definition) is 1. The van der Waals surface area contributed by atoms with E-state index in [1.807, 2.05) is 0 Å². The van der Waals surface area contributed by atoms with E-state index in [4.69, 9.17) is 5.73 Å². The lowest BCUT2D eigenvalue weighted by Crippen LogP contribution is -2.48. The van der Waals surface area contributed by atoms with Crippen LogP contribution in [0.5, 0.6) is 0 Å². The number of piperidine rings is 1. The van der Waals surface area contributed by atoms with Gasteiger partial charge in [-0.2, -0.15) is 0 Å². The first-order valence-corrected chi connectivity index (χ1v) is 7.35. The lowest BCUT2D eigenvalue weighted by molar-refractivity contribution is 0.312. The Morgan fingerprint density at radius 1 is 1.07 bits per heavy atom. The Balaban J connectivity index is 2.07. The van der Waals surface area contributed by atoms with Gasteiger partial charge in [-0.05, 0) is 25.7 Å². The summed E-state index contributed by atoms with van der Waals surface area (Å²) < 4.78 is 26.0. The molecule has 0 aromatic heterocycles. The quantitative estimate of drug-likeness (QED) is 0.761. The molecule has 0 aromatic rings. The maximum absolute atomic E-state index is 12.2. The predicted molar refractivity (Wildman–Crippen MR) is 60.0 cm³/mol. The van der Waals surface area contributed by atoms with Crippen LogP contribution in [0.1, 0.15) is 38.5 Å². The molecule has 1 atom stereocenters. The zero-order chi connectivity index (χ0) is 10.9. The van der Waals surface area contributed by atoms with Crippen LogP contribution in [0.2, 0.25) is 0 Å². The molecule has 15 heavy (non-hydrogen) atoms. The molecule has 88 valence electrons. The monoisotopic (exact) mass is 232 g/mol. The fraction of sp³-hybridized carbons (Fsp3) is 1.00. The van der Waals surface area contributed by atoms with Crippen LogP contribution in [0.4, 0.5) is 0 Å². The number of nitrogens with zero attached hydrogens (tertiary/aromatic N) is 1. The van der Waals surface area contributed by atoms with E-state index in [-0.39, 0.29) is 11.3 Å². The van der Waals surface area contributed by atoms with Gasteiger partial charge in [-0.25, -0.2) is 12.7 Å². The summed E-state index contributed by atoms with van der Waals surface area (Å²) >= 11 is 0. The molecule has 1 aliphatic carbocycles. The smallest absolute Gasteiger partial charge is 0.217 e. The Hall–Kier alpha value is -0.130. The number of nitrogens with two attached hydrogens (primary N) is 1. The van der Waals surface area contributed by atoms with Gasteiger partial charge < -0.3 is 5.73 Å². The third kappa shape index (κ3) is 2.34. The summed E-state index contributed by atoms with van der Waals surface area (Å²) in [4.78, 5) is 0. The van der Waals surface area contributed by atoms with Crippen LogP contribution in [-0.2, 0) is 10.0 Å². The van der Waals surface area contributed by atoms with Gasteiger partial charge in [-0.1, -0.05) is 12.8 Å². The summed E-state index contributed by atoms with van der Waals surface area (Å²) in [5, 5.41) is -0.122. The average Bonchev–Trinajstić information content (AvgIpc) is 2.71. The lowest BCUT2D eigenvalue weighted by atomic mass is 10.1. The summed E-state index contributed by atoms with van der Waals surface area (Å²) in [6.07, 6.45) is 5.67. The summed E-state index contributed by atoms with van der Waals surface area (Å²) in [5.41, 5.74) is 5.81. The molecular weight excluding hydrogens is 212 g/mol. The second-order valence-corrected chi connectivity index (χ2v) is 6.92. The Kier molecular flexibility index (Phi) is 3.33. The van der Waals surface area contributed by atoms with Gasteiger partial charge in [0.15, 0.2) is 0 Å². The minimum absolute atomic E-state index is 0.0370. The van der Waals surface area contributed by atoms with Crippen molar-refractivity contribution < 1.29 is 8.42 Å². The molecule has 1 heterocycles. The molecule has 0 amide bonds. The van der Waals surface area contributed by atoms with Crippen molar-refractivity contribution in [3.05, 3.63) is 0 Å². The van der Waals surface area contributed by atoms with Crippen molar-refractivity contribution in [2.45, 2.75) is 49.8 Å². The highest BCUT2D eigenvalue weighted by atomic mass is 32.2. The fourth-order valence-corrected chi connectivity index (χ4v) is 4.74. The Morgan fingerprint density at radius 3 is 2.33 bits per heavy atom. The second-order valence-electron chi connectivity index (χ2n) is 4.71. The number of sulfonamides is 1. The van der Waals surface area contributed by atoms with E-state index in [0.717, 1.165) is 38.5 Å². The highest BCUT2D eigenvalue weighted by molar-refractivity contribution is 7.89. The van der Waals surface area contributed by atoms with Crippen LogP contribution in [-0.4, -0.2) is 37.1 Å². The normalized spacial score (nSPS) is 30.9. The van der Waals surface area contributed by atoms with Crippen LogP contribution in [0.15, 0.2) is 0 Å². The van der Waals surface area contributed by atoms with E-state index in [0.29, 0.717) is 13.1 Å². The molecule has 2 fully saturated rings. The van der Waals surface area contributed by atoms with Crippen molar-refractivity contribution in [3.8, 4) is 0 Å². The van der Waals surface area contributed by atoms with Crippen molar-refractivity contribution >= 4 is 10.0 Å². The number of rotatable bonds is 2. The van der Waals surface area contributed by atoms with Gasteiger partial charge in [0.2, 0.25) is 10.0 Å². The van der Waals surface area contributed by atoms with E-state index in [1.165, 1.54) is 0 Å². The van der Waals surface area contributed by atoms with E-state index < -0.39 is 10.0 Å². The molecule has 0 unspecified atom stereocenters. The third-order valence-electron chi connectivity index (χ3n) is 3.50. The Labute approximate surface area is 91.9 Å². The molecular formula is C10H20N2O2S. The molecule has 2 aliphatic rings. The van der Waals surface area contributed by atoms with Gasteiger partial charge in [-0.3, -0.25) is 0 Å². The predicted octanol–water partition coefficient (Wildman–Crippen LogP) is 0.682. The fourth-order valence-electron chi connectivity index (χ4n) is 2.60.